The van der Waals surface area contributed by atoms with E-state index in [0.717, 1.165) is 46.0 Å². The molecule has 0 radical (unpaired) electrons. The molecule has 1 unspecified atom stereocenters. The molecule has 0 saturated carbocycles. The van der Waals surface area contributed by atoms with Gasteiger partial charge < -0.3 is 15.3 Å². The van der Waals surface area contributed by atoms with Gasteiger partial charge in [0.15, 0.2) is 0 Å². The molecule has 136 valence electrons. The number of hydrogen-bond acceptors (Lipinski definition) is 3. The SMILES string of the molecule is CCCC1=C(C)c2c(ccc3[nH]ncc23)NC1c1ccc2[nH]c(=O)[nH]c2c1. The van der Waals surface area contributed by atoms with Crippen LogP contribution in [0.1, 0.15) is 43.9 Å². The number of rotatable bonds is 3. The molecule has 0 bridgehead atoms. The molecule has 6 heteroatoms. The van der Waals surface area contributed by atoms with E-state index < -0.39 is 0 Å². The summed E-state index contributed by atoms with van der Waals surface area (Å²) in [6.45, 7) is 4.42. The van der Waals surface area contributed by atoms with Crippen LogP contribution in [0.2, 0.25) is 0 Å². The predicted molar refractivity (Wildman–Crippen MR) is 109 cm³/mol. The van der Waals surface area contributed by atoms with Crippen molar-refractivity contribution in [2.45, 2.75) is 32.7 Å². The number of hydrogen-bond donors (Lipinski definition) is 4. The first-order chi connectivity index (χ1) is 13.2. The Balaban J connectivity index is 1.70. The number of aromatic nitrogens is 4. The first-order valence-corrected chi connectivity index (χ1v) is 9.30. The Morgan fingerprint density at radius 2 is 1.89 bits per heavy atom. The lowest BCUT2D eigenvalue weighted by Gasteiger charge is -2.32. The van der Waals surface area contributed by atoms with Gasteiger partial charge in [0, 0.05) is 16.6 Å². The highest BCUT2D eigenvalue weighted by Gasteiger charge is 2.27. The number of imidazole rings is 1. The van der Waals surface area contributed by atoms with Gasteiger partial charge in [0.05, 0.1) is 28.8 Å². The molecule has 2 aromatic heterocycles. The average molecular weight is 359 g/mol. The molecule has 1 aliphatic heterocycles. The van der Waals surface area contributed by atoms with E-state index in [-0.39, 0.29) is 11.7 Å². The molecular weight excluding hydrogens is 338 g/mol. The van der Waals surface area contributed by atoms with Crippen LogP contribution in [-0.4, -0.2) is 20.2 Å². The minimum Gasteiger partial charge on any atom is -0.374 e. The zero-order valence-electron chi connectivity index (χ0n) is 15.3. The third kappa shape index (κ3) is 2.40. The fourth-order valence-electron chi connectivity index (χ4n) is 4.28. The van der Waals surface area contributed by atoms with E-state index in [1.54, 1.807) is 0 Å². The third-order valence-corrected chi connectivity index (χ3v) is 5.52. The van der Waals surface area contributed by atoms with Gasteiger partial charge in [-0.05, 0) is 54.3 Å². The summed E-state index contributed by atoms with van der Waals surface area (Å²) in [4.78, 5) is 17.3. The summed E-state index contributed by atoms with van der Waals surface area (Å²) in [6.07, 6.45) is 3.99. The Bertz CT molecular complexity index is 1260. The molecular formula is C21H21N5O. The Hall–Kier alpha value is -3.28. The van der Waals surface area contributed by atoms with Gasteiger partial charge in [0.2, 0.25) is 0 Å². The molecule has 0 fully saturated rings. The normalized spacial score (nSPS) is 16.7. The van der Waals surface area contributed by atoms with E-state index in [1.807, 2.05) is 12.3 Å². The molecule has 4 aromatic rings. The highest BCUT2D eigenvalue weighted by atomic mass is 16.1. The summed E-state index contributed by atoms with van der Waals surface area (Å²) in [5, 5.41) is 12.2. The number of benzene rings is 2. The summed E-state index contributed by atoms with van der Waals surface area (Å²) in [5.41, 5.74) is 8.75. The van der Waals surface area contributed by atoms with Gasteiger partial charge in [0.25, 0.3) is 0 Å². The molecule has 1 atom stereocenters. The van der Waals surface area contributed by atoms with E-state index in [4.69, 9.17) is 0 Å². The lowest BCUT2D eigenvalue weighted by molar-refractivity contribution is 0.788. The van der Waals surface area contributed by atoms with Gasteiger partial charge in [0.1, 0.15) is 0 Å². The van der Waals surface area contributed by atoms with Crippen LogP contribution >= 0.6 is 0 Å². The van der Waals surface area contributed by atoms with E-state index in [9.17, 15) is 4.79 Å². The molecule has 1 aliphatic rings. The van der Waals surface area contributed by atoms with Gasteiger partial charge in [-0.25, -0.2) is 4.79 Å². The highest BCUT2D eigenvalue weighted by Crippen LogP contribution is 2.44. The van der Waals surface area contributed by atoms with Gasteiger partial charge in [-0.2, -0.15) is 5.10 Å². The monoisotopic (exact) mass is 359 g/mol. The van der Waals surface area contributed by atoms with Gasteiger partial charge in [-0.3, -0.25) is 5.10 Å². The number of anilines is 1. The van der Waals surface area contributed by atoms with Crippen LogP contribution in [0.3, 0.4) is 0 Å². The van der Waals surface area contributed by atoms with Crippen LogP contribution in [0.5, 0.6) is 0 Å². The van der Waals surface area contributed by atoms with Crippen LogP contribution in [-0.2, 0) is 0 Å². The predicted octanol–water partition coefficient (Wildman–Crippen LogP) is 4.47. The van der Waals surface area contributed by atoms with Crippen molar-refractivity contribution in [1.29, 1.82) is 0 Å². The maximum absolute atomic E-state index is 11.6. The fraction of sp³-hybridized carbons (Fsp3) is 0.238. The van der Waals surface area contributed by atoms with Crippen LogP contribution in [0.25, 0.3) is 27.5 Å². The molecule has 3 heterocycles. The number of allylic oxidation sites excluding steroid dienone is 1. The number of fused-ring (bicyclic) bond motifs is 4. The summed E-state index contributed by atoms with van der Waals surface area (Å²) in [5.74, 6) is 0. The standard InChI is InChI=1S/C21H21N5O/c1-3-4-13-11(2)19-14-10-22-26-15(14)7-8-17(19)23-20(13)12-5-6-16-18(9-12)25-21(27)24-16/h5-10,20,23H,3-4H2,1-2H3,(H,22,26)(H2,24,25,27). The van der Waals surface area contributed by atoms with Crippen LogP contribution < -0.4 is 11.0 Å². The van der Waals surface area contributed by atoms with Gasteiger partial charge in [-0.1, -0.05) is 19.4 Å². The van der Waals surface area contributed by atoms with Crippen molar-refractivity contribution in [3.63, 3.8) is 0 Å². The summed E-state index contributed by atoms with van der Waals surface area (Å²) in [6, 6.07) is 10.4. The second-order valence-corrected chi connectivity index (χ2v) is 7.18. The van der Waals surface area contributed by atoms with Crippen LogP contribution in [0.15, 0.2) is 46.9 Å². The highest BCUT2D eigenvalue weighted by molar-refractivity contribution is 5.99. The fourth-order valence-corrected chi connectivity index (χ4v) is 4.28. The molecule has 27 heavy (non-hydrogen) atoms. The number of H-pyrrole nitrogens is 3. The second-order valence-electron chi connectivity index (χ2n) is 7.18. The number of nitrogens with one attached hydrogen (secondary N) is 4. The second kappa shape index (κ2) is 5.87. The molecule has 6 nitrogen and oxygen atoms in total. The molecule has 0 amide bonds. The Kier molecular flexibility index (Phi) is 3.47. The minimum absolute atomic E-state index is 0.0876. The van der Waals surface area contributed by atoms with E-state index in [2.05, 4.69) is 63.6 Å². The van der Waals surface area contributed by atoms with E-state index >= 15 is 0 Å². The van der Waals surface area contributed by atoms with Crippen molar-refractivity contribution in [3.05, 3.63) is 63.7 Å². The first kappa shape index (κ1) is 15.9. The van der Waals surface area contributed by atoms with Crippen molar-refractivity contribution in [2.24, 2.45) is 0 Å². The molecule has 4 N–H and O–H groups in total. The summed E-state index contributed by atoms with van der Waals surface area (Å²) < 4.78 is 0. The quantitative estimate of drug-likeness (QED) is 0.435. The van der Waals surface area contributed by atoms with Crippen molar-refractivity contribution in [1.82, 2.24) is 20.2 Å². The van der Waals surface area contributed by atoms with Crippen molar-refractivity contribution >= 4 is 33.2 Å². The topological polar surface area (TPSA) is 89.4 Å². The van der Waals surface area contributed by atoms with E-state index in [0.29, 0.717) is 0 Å². The van der Waals surface area contributed by atoms with Crippen LogP contribution in [0.4, 0.5) is 5.69 Å². The largest absolute Gasteiger partial charge is 0.374 e. The minimum atomic E-state index is -0.174. The summed E-state index contributed by atoms with van der Waals surface area (Å²) >= 11 is 0. The van der Waals surface area contributed by atoms with Crippen molar-refractivity contribution < 1.29 is 0 Å². The maximum atomic E-state index is 11.6. The third-order valence-electron chi connectivity index (χ3n) is 5.52. The average Bonchev–Trinajstić information content (AvgIpc) is 3.28. The summed E-state index contributed by atoms with van der Waals surface area (Å²) in [7, 11) is 0. The molecule has 0 saturated heterocycles. The first-order valence-electron chi connectivity index (χ1n) is 9.30. The molecule has 0 aliphatic carbocycles. The Morgan fingerprint density at radius 3 is 2.74 bits per heavy atom. The number of aromatic amines is 3. The smallest absolute Gasteiger partial charge is 0.323 e. The molecule has 2 aromatic carbocycles. The van der Waals surface area contributed by atoms with Gasteiger partial charge >= 0.3 is 5.69 Å². The lowest BCUT2D eigenvalue weighted by atomic mass is 9.84. The molecule has 0 spiro atoms. The Labute approximate surface area is 155 Å². The molecule has 5 rings (SSSR count). The van der Waals surface area contributed by atoms with Gasteiger partial charge in [-0.15, -0.1) is 0 Å². The lowest BCUT2D eigenvalue weighted by Crippen LogP contribution is -2.20. The zero-order chi connectivity index (χ0) is 18.5. The van der Waals surface area contributed by atoms with Crippen LogP contribution in [0, 0.1) is 0 Å². The van der Waals surface area contributed by atoms with Crippen molar-refractivity contribution in [3.8, 4) is 0 Å². The zero-order valence-corrected chi connectivity index (χ0v) is 15.3. The maximum Gasteiger partial charge on any atom is 0.323 e. The van der Waals surface area contributed by atoms with Crippen molar-refractivity contribution in [2.75, 3.05) is 5.32 Å². The Morgan fingerprint density at radius 1 is 1.07 bits per heavy atom. The van der Waals surface area contributed by atoms with E-state index in [1.165, 1.54) is 16.7 Å². The number of nitrogens with zero attached hydrogens (tertiary/aromatic N) is 1.